The van der Waals surface area contributed by atoms with E-state index in [2.05, 4.69) is 66.5 Å². The second-order valence-corrected chi connectivity index (χ2v) is 32.2. The van der Waals surface area contributed by atoms with Crippen molar-refractivity contribution in [1.82, 2.24) is 39.9 Å². The molecule has 26 heteroatoms. The smallest absolute Gasteiger partial charge is 0.391 e. The van der Waals surface area contributed by atoms with Gasteiger partial charge in [-0.15, -0.1) is 11.3 Å². The Hall–Kier alpha value is -6.45. The minimum absolute atomic E-state index is 0.0192. The third-order valence-electron chi connectivity index (χ3n) is 18.5. The normalized spacial score (nSPS) is 19.0. The number of nitrogens with zero attached hydrogens (tertiary/aromatic N) is 6. The topological polar surface area (TPSA) is 234 Å². The molecule has 19 nitrogen and oxygen atoms in total. The molecule has 3 aliphatic heterocycles. The third kappa shape index (κ3) is 19.2. The van der Waals surface area contributed by atoms with Crippen LogP contribution in [-0.4, -0.2) is 179 Å². The minimum atomic E-state index is -6.05. The van der Waals surface area contributed by atoms with Gasteiger partial charge in [-0.25, -0.2) is 26.5 Å². The molecule has 4 aliphatic rings. The Morgan fingerprint density at radius 1 is 0.789 bits per heavy atom. The summed E-state index contributed by atoms with van der Waals surface area (Å²) in [6.07, 6.45) is 6.17. The first-order valence-electron chi connectivity index (χ1n) is 32.7. The summed E-state index contributed by atoms with van der Waals surface area (Å²) in [4.78, 5) is 68.2. The average Bonchev–Trinajstić information content (AvgIpc) is 1.30. The van der Waals surface area contributed by atoms with Crippen LogP contribution in [0.5, 0.6) is 0 Å². The lowest BCUT2D eigenvalue weighted by Crippen LogP contribution is -2.57. The number of carbonyl (C=O) groups excluding carboxylic acids is 4. The summed E-state index contributed by atoms with van der Waals surface area (Å²) in [7, 11) is -10.9. The lowest BCUT2D eigenvalue weighted by molar-refractivity contribution is -0.144. The van der Waals surface area contributed by atoms with E-state index in [4.69, 9.17) is 11.6 Å². The van der Waals surface area contributed by atoms with Crippen molar-refractivity contribution in [2.45, 2.75) is 146 Å². The summed E-state index contributed by atoms with van der Waals surface area (Å²) in [6, 6.07) is 22.8. The van der Waals surface area contributed by atoms with Gasteiger partial charge in [-0.05, 0) is 146 Å². The maximum atomic E-state index is 14.1. The van der Waals surface area contributed by atoms with E-state index in [1.165, 1.54) is 33.7 Å². The summed E-state index contributed by atoms with van der Waals surface area (Å²) in [5.41, 5.74) is 2.84. The molecule has 4 amide bonds. The van der Waals surface area contributed by atoms with E-state index >= 15 is 0 Å². The van der Waals surface area contributed by atoms with Crippen LogP contribution < -0.4 is 25.6 Å². The van der Waals surface area contributed by atoms with Crippen LogP contribution in [0, 0.1) is 17.8 Å². The Morgan fingerprint density at radius 3 is 2.05 bits per heavy atom. The van der Waals surface area contributed by atoms with Crippen LogP contribution >= 0.6 is 22.9 Å². The first kappa shape index (κ1) is 72.8. The Bertz CT molecular complexity index is 3760. The van der Waals surface area contributed by atoms with Crippen molar-refractivity contribution in [2.75, 3.05) is 95.3 Å². The number of halogens is 4. The van der Waals surface area contributed by atoms with Gasteiger partial charge in [0, 0.05) is 108 Å². The van der Waals surface area contributed by atoms with Crippen LogP contribution in [0.1, 0.15) is 126 Å². The molecule has 0 radical (unpaired) electrons. The Balaban J connectivity index is 0.672. The highest BCUT2D eigenvalue weighted by molar-refractivity contribution is 7.92. The molecule has 516 valence electrons. The summed E-state index contributed by atoms with van der Waals surface area (Å²) >= 11 is 7.77. The van der Waals surface area contributed by atoms with Crippen LogP contribution in [0.4, 0.5) is 24.5 Å². The molecular weight excluding hydrogens is 1300 g/mol. The molecule has 1 aliphatic carbocycles. The third-order valence-corrected chi connectivity index (χ3v) is 22.6. The number of sulfone groups is 1. The molecule has 3 atom stereocenters. The van der Waals surface area contributed by atoms with E-state index in [1.807, 2.05) is 68.8 Å². The fourth-order valence-electron chi connectivity index (χ4n) is 13.0. The number of benzene rings is 4. The number of hydrogen-bond acceptors (Lipinski definition) is 16. The van der Waals surface area contributed by atoms with Crippen molar-refractivity contribution >= 4 is 83.4 Å². The maximum Gasteiger partial charge on any atom is 0.501 e. The highest BCUT2D eigenvalue weighted by atomic mass is 35.5. The predicted molar refractivity (Wildman–Crippen MR) is 366 cm³/mol. The molecule has 3 saturated heterocycles. The number of thiazole rings is 1. The van der Waals surface area contributed by atoms with E-state index < -0.39 is 76.3 Å². The number of sulfonamides is 1. The highest BCUT2D eigenvalue weighted by Crippen LogP contribution is 2.43. The number of β-amino-alcohol motifs (C(OH)–C–C–N with tert-alkyl or cyclic N) is 1. The number of rotatable bonds is 26. The van der Waals surface area contributed by atoms with Gasteiger partial charge in [0.1, 0.15) is 17.0 Å². The first-order chi connectivity index (χ1) is 44.9. The molecule has 4 heterocycles. The van der Waals surface area contributed by atoms with E-state index in [0.29, 0.717) is 30.5 Å². The zero-order chi connectivity index (χ0) is 68.5. The lowest BCUT2D eigenvalue weighted by Gasteiger charge is -2.39. The molecule has 1 aromatic heterocycles. The molecule has 0 spiro atoms. The zero-order valence-electron chi connectivity index (χ0n) is 55.1. The zero-order valence-corrected chi connectivity index (χ0v) is 58.3. The molecular formula is C69H90ClF3N10O9S3. The fraction of sp³-hybridized carbons (Fsp3) is 0.522. The molecule has 5 N–H and O–H groups in total. The SMILES string of the molecule is Cc1ncsc1-c1ccc(CNC(=O)[C@@H]2C[C@@H](O)CN2C(=O)[C@@H](NC(=O)CCCCCCN2CCN(CCCNc3ccc(S(=O)(=O)NC(=O)c4ccc(N5CCN(CC6=C(c7ccc(Cl)cc7)CCC(C)(C)C6)CC5)cc4)cc3S(=O)(=O)C(F)(F)F)CC2)C(C)(C)C)cc1. The molecule has 0 saturated carbocycles. The molecule has 4 aromatic carbocycles. The van der Waals surface area contributed by atoms with E-state index in [0.717, 1.165) is 143 Å². The number of nitrogens with one attached hydrogen (secondary N) is 4. The van der Waals surface area contributed by atoms with Gasteiger partial charge in [-0.2, -0.15) is 13.2 Å². The van der Waals surface area contributed by atoms with Crippen molar-refractivity contribution in [3.05, 3.63) is 129 Å². The molecule has 0 bridgehead atoms. The van der Waals surface area contributed by atoms with Gasteiger partial charge in [-0.1, -0.05) is 101 Å². The number of amides is 4. The van der Waals surface area contributed by atoms with E-state index in [-0.39, 0.29) is 55.3 Å². The van der Waals surface area contributed by atoms with Gasteiger partial charge in [0.2, 0.25) is 17.7 Å². The number of alkyl halides is 3. The number of aryl methyl sites for hydroxylation is 1. The Kier molecular flexibility index (Phi) is 24.1. The summed E-state index contributed by atoms with van der Waals surface area (Å²) < 4.78 is 97.3. The van der Waals surface area contributed by atoms with Crippen LogP contribution in [0.2, 0.25) is 5.02 Å². The number of hydrogen-bond donors (Lipinski definition) is 5. The number of aliphatic hydroxyl groups excluding tert-OH is 1. The Morgan fingerprint density at radius 2 is 1.42 bits per heavy atom. The van der Waals surface area contributed by atoms with Crippen LogP contribution in [0.3, 0.4) is 0 Å². The number of allylic oxidation sites excluding steroid dienone is 1. The van der Waals surface area contributed by atoms with Crippen molar-refractivity contribution in [2.24, 2.45) is 10.8 Å². The quantitative estimate of drug-likeness (QED) is 0.0324. The summed E-state index contributed by atoms with van der Waals surface area (Å²) in [6.45, 7) is 20.8. The second-order valence-electron chi connectivity index (χ2n) is 27.4. The largest absolute Gasteiger partial charge is 0.501 e. The van der Waals surface area contributed by atoms with Crippen molar-refractivity contribution in [3.8, 4) is 10.4 Å². The van der Waals surface area contributed by atoms with Gasteiger partial charge in [0.05, 0.1) is 32.8 Å². The average molecular weight is 1390 g/mol. The van der Waals surface area contributed by atoms with Crippen LogP contribution in [0.15, 0.2) is 112 Å². The number of anilines is 2. The number of piperazine rings is 2. The number of likely N-dealkylation sites (tertiary alicyclic amines) is 1. The van der Waals surface area contributed by atoms with Gasteiger partial charge < -0.3 is 40.7 Å². The van der Waals surface area contributed by atoms with Gasteiger partial charge in [-0.3, -0.25) is 24.1 Å². The van der Waals surface area contributed by atoms with Crippen molar-refractivity contribution in [1.29, 1.82) is 0 Å². The lowest BCUT2D eigenvalue weighted by atomic mass is 9.73. The monoisotopic (exact) mass is 1390 g/mol. The molecule has 3 fully saturated rings. The first-order valence-corrected chi connectivity index (χ1v) is 37.0. The van der Waals surface area contributed by atoms with Gasteiger partial charge in [0.15, 0.2) is 0 Å². The number of unbranched alkanes of at least 4 members (excludes halogenated alkanes) is 3. The van der Waals surface area contributed by atoms with E-state index in [9.17, 15) is 54.3 Å². The molecule has 95 heavy (non-hydrogen) atoms. The molecule has 0 unspecified atom stereocenters. The predicted octanol–water partition coefficient (Wildman–Crippen LogP) is 10.1. The van der Waals surface area contributed by atoms with Crippen LogP contribution in [-0.2, 0) is 40.8 Å². The fourth-order valence-corrected chi connectivity index (χ4v) is 15.9. The van der Waals surface area contributed by atoms with Gasteiger partial charge >= 0.3 is 5.51 Å². The standard InChI is InChI=1S/C69H90ClF3N10O9S3/c1-47-62(93-46-76-47)50-15-13-48(14-16-50)43-75-65(87)59-40-55(84)45-83(59)66(88)63(67(2,3)4)77-61(85)12-9-7-8-10-30-79-32-34-80(35-33-79)31-11-29-74-58-26-25-56(41-60(58)94(89,90)69(71,72)73)95(91,92)78-64(86)51-19-23-54(24-20-51)82-38-36-81(37-39-82)44-52-42-68(5,6)28-27-57(52)49-17-21-53(70)22-18-49/h13-26,41,46,55,59,63,74,84H,7-12,27-40,42-45H2,1-6H3,(H,75,87)(H,77,85)(H,78,86)/t55-,59+,63-/m1/s1. The minimum Gasteiger partial charge on any atom is -0.391 e. The Labute approximate surface area is 566 Å². The van der Waals surface area contributed by atoms with Crippen molar-refractivity contribution < 1.29 is 54.3 Å². The van der Waals surface area contributed by atoms with Crippen molar-refractivity contribution in [3.63, 3.8) is 0 Å². The molecule has 9 rings (SSSR count). The molecule has 5 aromatic rings. The number of aromatic nitrogens is 1. The summed E-state index contributed by atoms with van der Waals surface area (Å²) in [5.74, 6) is -2.10. The van der Waals surface area contributed by atoms with Crippen LogP contribution in [0.25, 0.3) is 16.0 Å². The van der Waals surface area contributed by atoms with E-state index in [1.54, 1.807) is 29.0 Å². The maximum absolute atomic E-state index is 14.1. The number of aliphatic hydroxyl groups is 1. The van der Waals surface area contributed by atoms with Gasteiger partial charge in [0.25, 0.3) is 25.8 Å². The second kappa shape index (κ2) is 31.4. The number of carbonyl (C=O) groups is 4. The highest BCUT2D eigenvalue weighted by Gasteiger charge is 2.49. The summed E-state index contributed by atoms with van der Waals surface area (Å²) in [5, 5.41) is 20.0.